The Balaban J connectivity index is 0.00000616. The van der Waals surface area contributed by atoms with Gasteiger partial charge in [0.1, 0.15) is 24.6 Å². The average molecular weight is 606 g/mol. The Kier molecular flexibility index (Phi) is 13.4. The molecular formula is C27H40ClN9O5. The molecule has 3 amide bonds. The zero-order valence-corrected chi connectivity index (χ0v) is 24.8. The van der Waals surface area contributed by atoms with Crippen molar-refractivity contribution in [2.45, 2.75) is 64.0 Å². The second kappa shape index (κ2) is 16.5. The maximum Gasteiger partial charge on any atom is 0.327 e. The van der Waals surface area contributed by atoms with Crippen LogP contribution in [0.2, 0.25) is 0 Å². The molecule has 0 unspecified atom stereocenters. The lowest BCUT2D eigenvalue weighted by atomic mass is 9.92. The van der Waals surface area contributed by atoms with Crippen LogP contribution >= 0.6 is 12.4 Å². The van der Waals surface area contributed by atoms with Gasteiger partial charge < -0.3 is 31.3 Å². The third kappa shape index (κ3) is 8.77. The summed E-state index contributed by atoms with van der Waals surface area (Å²) in [7, 11) is 1.90. The molecule has 0 saturated carbocycles. The number of carbonyl (C=O) groups excluding carboxylic acids is 3. The lowest BCUT2D eigenvalue weighted by molar-refractivity contribution is -0.142. The Labute approximate surface area is 251 Å². The zero-order valence-electron chi connectivity index (χ0n) is 24.0. The van der Waals surface area contributed by atoms with Crippen LogP contribution in [0.5, 0.6) is 0 Å². The van der Waals surface area contributed by atoms with Crippen LogP contribution in [0.25, 0.3) is 11.0 Å². The van der Waals surface area contributed by atoms with E-state index in [0.29, 0.717) is 62.2 Å². The number of likely N-dealkylation sites (tertiary alicyclic amines) is 1. The van der Waals surface area contributed by atoms with E-state index in [-0.39, 0.29) is 49.7 Å². The molecule has 0 aromatic carbocycles. The molecule has 1 saturated heterocycles. The molecule has 1 fully saturated rings. The normalized spacial score (nSPS) is 17.0. The summed E-state index contributed by atoms with van der Waals surface area (Å²) in [5, 5.41) is 24.2. The van der Waals surface area contributed by atoms with Crippen LogP contribution in [0.1, 0.15) is 51.9 Å². The number of hydrogen-bond donors (Lipinski definition) is 4. The number of amides is 3. The first-order valence-electron chi connectivity index (χ1n) is 13.9. The van der Waals surface area contributed by atoms with Gasteiger partial charge in [-0.05, 0) is 50.6 Å². The Hall–Kier alpha value is -3.96. The number of carboxylic acid groups (broad SMARTS) is 1. The molecule has 2 aromatic rings. The van der Waals surface area contributed by atoms with E-state index in [1.165, 1.54) is 10.9 Å². The molecule has 0 aliphatic carbocycles. The molecule has 15 heteroatoms. The number of rotatable bonds is 13. The number of aliphatic carboxylic acids is 1. The van der Waals surface area contributed by atoms with Crippen molar-refractivity contribution in [3.63, 3.8) is 0 Å². The number of hydrogen-bond acceptors (Lipinski definition) is 9. The summed E-state index contributed by atoms with van der Waals surface area (Å²) in [6.07, 6.45) is 5.64. The molecule has 1 aliphatic rings. The van der Waals surface area contributed by atoms with Gasteiger partial charge in [-0.15, -0.1) is 12.4 Å². The van der Waals surface area contributed by atoms with Crippen molar-refractivity contribution >= 4 is 53.1 Å². The second-order valence-corrected chi connectivity index (χ2v) is 10.3. The molecule has 3 heterocycles. The van der Waals surface area contributed by atoms with Gasteiger partial charge in [0, 0.05) is 39.3 Å². The van der Waals surface area contributed by atoms with Gasteiger partial charge in [0.25, 0.3) is 0 Å². The minimum absolute atomic E-state index is 0. The number of likely N-dealkylation sites (N-methyl/N-ethyl adjacent to an activating group) is 1. The SMILES string of the molecule is C[C@@H]1CCN(C(=O)CC#N)C[C@@H]1N(C)c1ncnc2c1ccn2C(=O)NCCCC(=O)N[C@@H](CCCCN)C(=O)O.Cl. The van der Waals surface area contributed by atoms with Gasteiger partial charge in [0.2, 0.25) is 11.8 Å². The minimum atomic E-state index is -1.09. The van der Waals surface area contributed by atoms with Gasteiger partial charge in [0.15, 0.2) is 5.65 Å². The van der Waals surface area contributed by atoms with E-state index in [2.05, 4.69) is 27.5 Å². The largest absolute Gasteiger partial charge is 0.480 e. The summed E-state index contributed by atoms with van der Waals surface area (Å²) < 4.78 is 1.37. The van der Waals surface area contributed by atoms with E-state index in [9.17, 15) is 24.3 Å². The first kappa shape index (κ1) is 34.2. The van der Waals surface area contributed by atoms with Gasteiger partial charge >= 0.3 is 12.0 Å². The first-order valence-corrected chi connectivity index (χ1v) is 13.9. The molecule has 1 aliphatic heterocycles. The lowest BCUT2D eigenvalue weighted by Gasteiger charge is -2.42. The van der Waals surface area contributed by atoms with Crippen molar-refractivity contribution in [2.24, 2.45) is 11.7 Å². The molecule has 5 N–H and O–H groups in total. The Bertz CT molecular complexity index is 1280. The summed E-state index contributed by atoms with van der Waals surface area (Å²) in [6.45, 7) is 3.87. The van der Waals surface area contributed by atoms with Crippen molar-refractivity contribution in [1.29, 1.82) is 5.26 Å². The number of unbranched alkanes of at least 4 members (excludes halogenated alkanes) is 1. The van der Waals surface area contributed by atoms with E-state index in [1.807, 2.05) is 18.0 Å². The van der Waals surface area contributed by atoms with Gasteiger partial charge in [-0.1, -0.05) is 6.92 Å². The average Bonchev–Trinajstić information content (AvgIpc) is 3.39. The summed E-state index contributed by atoms with van der Waals surface area (Å²) in [5.74, 6) is -0.760. The summed E-state index contributed by atoms with van der Waals surface area (Å²) in [5.41, 5.74) is 5.86. The number of nitriles is 1. The number of nitrogens with one attached hydrogen (secondary N) is 2. The van der Waals surface area contributed by atoms with Crippen molar-refractivity contribution in [2.75, 3.05) is 38.1 Å². The van der Waals surface area contributed by atoms with E-state index in [1.54, 1.807) is 17.2 Å². The Morgan fingerprint density at radius 2 is 2.02 bits per heavy atom. The molecule has 2 aromatic heterocycles. The Morgan fingerprint density at radius 1 is 1.26 bits per heavy atom. The highest BCUT2D eigenvalue weighted by atomic mass is 35.5. The van der Waals surface area contributed by atoms with E-state index in [0.717, 1.165) is 6.42 Å². The fraction of sp³-hybridized carbons (Fsp3) is 0.593. The molecule has 14 nitrogen and oxygen atoms in total. The van der Waals surface area contributed by atoms with Gasteiger partial charge in [-0.3, -0.25) is 14.2 Å². The molecule has 42 heavy (non-hydrogen) atoms. The highest BCUT2D eigenvalue weighted by molar-refractivity contribution is 5.95. The quantitative estimate of drug-likeness (QED) is 0.242. The predicted octanol–water partition coefficient (Wildman–Crippen LogP) is 1.48. The highest BCUT2D eigenvalue weighted by Crippen LogP contribution is 2.29. The molecule has 0 radical (unpaired) electrons. The van der Waals surface area contributed by atoms with E-state index < -0.39 is 23.9 Å². The molecule has 0 bridgehead atoms. The maximum absolute atomic E-state index is 12.9. The highest BCUT2D eigenvalue weighted by Gasteiger charge is 2.33. The van der Waals surface area contributed by atoms with E-state index >= 15 is 0 Å². The third-order valence-corrected chi connectivity index (χ3v) is 7.45. The van der Waals surface area contributed by atoms with Crippen LogP contribution in [0.4, 0.5) is 10.6 Å². The molecule has 230 valence electrons. The number of carbonyl (C=O) groups is 4. The third-order valence-electron chi connectivity index (χ3n) is 7.45. The monoisotopic (exact) mass is 605 g/mol. The molecule has 3 atom stereocenters. The van der Waals surface area contributed by atoms with Crippen molar-refractivity contribution < 1.29 is 24.3 Å². The summed E-state index contributed by atoms with van der Waals surface area (Å²) in [4.78, 5) is 61.3. The van der Waals surface area contributed by atoms with Crippen LogP contribution in [0, 0.1) is 17.2 Å². The summed E-state index contributed by atoms with van der Waals surface area (Å²) >= 11 is 0. The molecule has 0 spiro atoms. The maximum atomic E-state index is 12.9. The van der Waals surface area contributed by atoms with Crippen molar-refractivity contribution in [1.82, 2.24) is 30.1 Å². The number of carboxylic acids is 1. The number of fused-ring (bicyclic) bond motifs is 1. The van der Waals surface area contributed by atoms with Crippen LogP contribution in [0.3, 0.4) is 0 Å². The number of piperidine rings is 1. The van der Waals surface area contributed by atoms with Crippen LogP contribution < -0.4 is 21.3 Å². The number of halogens is 1. The van der Waals surface area contributed by atoms with Crippen molar-refractivity contribution in [3.05, 3.63) is 18.6 Å². The Morgan fingerprint density at radius 3 is 2.71 bits per heavy atom. The minimum Gasteiger partial charge on any atom is -0.480 e. The van der Waals surface area contributed by atoms with Gasteiger partial charge in [0.05, 0.1) is 17.5 Å². The van der Waals surface area contributed by atoms with Crippen LogP contribution in [-0.4, -0.2) is 93.7 Å². The second-order valence-electron chi connectivity index (χ2n) is 10.3. The fourth-order valence-electron chi connectivity index (χ4n) is 5.05. The fourth-order valence-corrected chi connectivity index (χ4v) is 5.05. The first-order chi connectivity index (χ1) is 19.7. The standard InChI is InChI=1S/C27H39N9O5.ClH/c1-18-9-14-35(23(38)8-12-29)16-21(18)34(2)24-19-10-15-36(25(19)32-17-31-24)27(41)30-13-5-7-22(37)33-20(26(39)40)6-3-4-11-28;/h10,15,17-18,20-21H,3-9,11,13-14,16,28H2,1-2H3,(H,30,41)(H,33,37)(H,39,40);1H/t18-,20+,21+;/m1./s1. The van der Waals surface area contributed by atoms with Crippen LogP contribution in [0.15, 0.2) is 18.6 Å². The van der Waals surface area contributed by atoms with Gasteiger partial charge in [-0.25, -0.2) is 19.6 Å². The lowest BCUT2D eigenvalue weighted by Crippen LogP contribution is -2.52. The summed E-state index contributed by atoms with van der Waals surface area (Å²) in [6, 6.07) is 2.27. The number of nitrogens with two attached hydrogens (primary N) is 1. The number of nitrogens with zero attached hydrogens (tertiary/aromatic N) is 6. The molecule has 3 rings (SSSR count). The van der Waals surface area contributed by atoms with Gasteiger partial charge in [-0.2, -0.15) is 5.26 Å². The van der Waals surface area contributed by atoms with E-state index in [4.69, 9.17) is 11.0 Å². The molecular weight excluding hydrogens is 566 g/mol. The smallest absolute Gasteiger partial charge is 0.327 e. The topological polar surface area (TPSA) is 200 Å². The van der Waals surface area contributed by atoms with Crippen molar-refractivity contribution in [3.8, 4) is 6.07 Å². The van der Waals surface area contributed by atoms with Crippen LogP contribution in [-0.2, 0) is 14.4 Å². The number of anilines is 1. The number of aromatic nitrogens is 3. The predicted molar refractivity (Wildman–Crippen MR) is 158 cm³/mol. The zero-order chi connectivity index (χ0) is 29.9.